The van der Waals surface area contributed by atoms with Gasteiger partial charge >= 0.3 is 0 Å². The van der Waals surface area contributed by atoms with Crippen LogP contribution < -0.4 is 9.30 Å². The molecule has 0 bridgehead atoms. The first-order valence-electron chi connectivity index (χ1n) is 28.7. The Hall–Kier alpha value is -8.80. The predicted octanol–water partition coefficient (Wildman–Crippen LogP) is 15.9. The molecule has 9 aromatic carbocycles. The molecular formula is C64H48N4O. The summed E-state index contributed by atoms with van der Waals surface area (Å²) in [7, 11) is 0. The Bertz CT molecular complexity index is 4370. The fourth-order valence-corrected chi connectivity index (χ4v) is 9.16. The van der Waals surface area contributed by atoms with E-state index in [4.69, 9.17) is 23.4 Å². The zero-order chi connectivity index (χ0) is 56.8. The highest BCUT2D eigenvalue weighted by atomic mass is 16.5. The van der Waals surface area contributed by atoms with Gasteiger partial charge in [0.2, 0.25) is 0 Å². The number of fused-ring (bicyclic) bond motifs is 4. The van der Waals surface area contributed by atoms with Gasteiger partial charge in [-0.1, -0.05) is 190 Å². The molecule has 5 heteroatoms. The van der Waals surface area contributed by atoms with Crippen LogP contribution >= 0.6 is 0 Å². The minimum absolute atomic E-state index is 0.138. The Morgan fingerprint density at radius 3 is 1.94 bits per heavy atom. The third kappa shape index (κ3) is 7.84. The van der Waals surface area contributed by atoms with Crippen molar-refractivity contribution in [3.05, 3.63) is 248 Å². The van der Waals surface area contributed by atoms with Crippen LogP contribution in [0, 0.1) is 12.2 Å². The van der Waals surface area contributed by atoms with Crippen LogP contribution in [-0.4, -0.2) is 14.1 Å². The zero-order valence-electron chi connectivity index (χ0n) is 49.5. The predicted molar refractivity (Wildman–Crippen MR) is 283 cm³/mol. The molecule has 5 nitrogen and oxygen atoms in total. The third-order valence-corrected chi connectivity index (χ3v) is 12.2. The van der Waals surface area contributed by atoms with Gasteiger partial charge in [-0.25, -0.2) is 4.98 Å². The van der Waals surface area contributed by atoms with Crippen molar-refractivity contribution in [2.75, 3.05) is 0 Å². The monoisotopic (exact) mass is 900 g/mol. The summed E-state index contributed by atoms with van der Waals surface area (Å²) in [5.41, 5.74) is 7.69. The molecule has 0 unspecified atom stereocenters. The van der Waals surface area contributed by atoms with E-state index in [9.17, 15) is 2.74 Å². The van der Waals surface area contributed by atoms with E-state index in [1.54, 1.807) is 39.6 Å². The summed E-state index contributed by atoms with van der Waals surface area (Å²) >= 11 is 0. The lowest BCUT2D eigenvalue weighted by Crippen LogP contribution is -2.31. The smallest absolute Gasteiger partial charge is 0.269 e. The summed E-state index contributed by atoms with van der Waals surface area (Å²) in [6, 6.07) is 48.0. The van der Waals surface area contributed by atoms with Crippen molar-refractivity contribution in [3.8, 4) is 73.2 Å². The molecule has 0 atom stereocenters. The third-order valence-electron chi connectivity index (χ3n) is 12.2. The zero-order valence-corrected chi connectivity index (χ0v) is 37.5. The lowest BCUT2D eigenvalue weighted by molar-refractivity contribution is -0.571. The number of imidazole rings is 1. The molecule has 0 amide bonds. The molecule has 0 aliphatic heterocycles. The highest BCUT2D eigenvalue weighted by Crippen LogP contribution is 2.39. The van der Waals surface area contributed by atoms with Crippen LogP contribution in [0.2, 0.25) is 0 Å². The van der Waals surface area contributed by atoms with Crippen molar-refractivity contribution in [3.63, 3.8) is 0 Å². The van der Waals surface area contributed by atoms with E-state index >= 15 is 0 Å². The Balaban J connectivity index is 1.02. The fraction of sp³-hybridized carbons (Fsp3) is 0.0625. The average Bonchev–Trinajstić information content (AvgIpc) is 4.29. The van der Waals surface area contributed by atoms with Gasteiger partial charge < -0.3 is 4.74 Å². The normalized spacial score (nSPS) is 14.2. The molecule has 12 aromatic rings. The number of benzene rings is 9. The lowest BCUT2D eigenvalue weighted by Gasteiger charge is -2.17. The molecule has 0 radical (unpaired) electrons. The van der Waals surface area contributed by atoms with Crippen LogP contribution in [0.1, 0.15) is 35.9 Å². The van der Waals surface area contributed by atoms with Gasteiger partial charge in [0.1, 0.15) is 17.3 Å². The van der Waals surface area contributed by atoms with E-state index in [0.717, 1.165) is 38.5 Å². The van der Waals surface area contributed by atoms with E-state index in [1.165, 1.54) is 0 Å². The minimum atomic E-state index is -1.72. The van der Waals surface area contributed by atoms with Crippen LogP contribution in [0.15, 0.2) is 236 Å². The SMILES string of the molecule is [2H]c1c([2H])c([2H])c(-c2cccc(-c3c([2H])c([2H])c([2H])c([2H])c3[2H])c2-[n+]2[c-]n(-c3cccc(Oc4ccc5c6cc(-c7ccccc7)ccc6n(-c6cc(C([2H])([2H])C(C)C)c(-c7ccccc7)cn6)c5c4)c3)c3ccccc32)c([2H])c1[2H]. The average molecular weight is 901 g/mol. The molecular weight excluding hydrogens is 841 g/mol. The molecule has 330 valence electrons. The van der Waals surface area contributed by atoms with Crippen LogP contribution in [0.4, 0.5) is 0 Å². The van der Waals surface area contributed by atoms with E-state index < -0.39 is 66.8 Å². The molecule has 0 N–H and O–H groups in total. The first kappa shape index (κ1) is 30.5. The van der Waals surface area contributed by atoms with Gasteiger partial charge in [-0.2, -0.15) is 0 Å². The standard InChI is InChI=1S/C64H48N4O/c1-44(2)37-50-39-63(65-42-58(50)48-25-13-6-14-26-48)68-59-36-33-49(45-19-7-3-8-20-45)38-57(59)56-35-34-53(41-62(56)68)69-52-28-17-27-51(40-52)66-43-67(61-32-16-15-31-60(61)66)64-54(46-21-9-4-10-22-46)29-18-30-55(64)47-23-11-5-12-24-47/h3-36,38-42,44H,37H2,1-2H3/i4D,5D,9D,10D,11D,12D,21D,22D,23D,24D,37D2. The van der Waals surface area contributed by atoms with Crippen molar-refractivity contribution in [2.24, 2.45) is 5.92 Å². The summed E-state index contributed by atoms with van der Waals surface area (Å²) in [5.74, 6) is 1.13. The van der Waals surface area contributed by atoms with Crippen molar-refractivity contribution in [1.82, 2.24) is 14.1 Å². The molecule has 0 spiro atoms. The maximum atomic E-state index is 9.41. The van der Waals surface area contributed by atoms with E-state index in [1.807, 2.05) is 129 Å². The first-order chi connectivity index (χ1) is 38.9. The highest BCUT2D eigenvalue weighted by Gasteiger charge is 2.21. The Labute approximate surface area is 419 Å². The maximum absolute atomic E-state index is 9.41. The first-order valence-corrected chi connectivity index (χ1v) is 22.7. The number of pyridine rings is 1. The van der Waals surface area contributed by atoms with Crippen molar-refractivity contribution in [1.29, 1.82) is 0 Å². The minimum Gasteiger partial charge on any atom is -0.458 e. The van der Waals surface area contributed by atoms with Gasteiger partial charge in [0.15, 0.2) is 0 Å². The van der Waals surface area contributed by atoms with Gasteiger partial charge in [0.25, 0.3) is 6.33 Å². The topological polar surface area (TPSA) is 35.9 Å². The number of rotatable bonds is 11. The second-order valence-corrected chi connectivity index (χ2v) is 16.9. The van der Waals surface area contributed by atoms with Crippen molar-refractivity contribution >= 4 is 32.8 Å². The van der Waals surface area contributed by atoms with Crippen LogP contribution in [-0.2, 0) is 6.37 Å². The van der Waals surface area contributed by atoms with Crippen molar-refractivity contribution < 1.29 is 25.8 Å². The summed E-state index contributed by atoms with van der Waals surface area (Å²) in [4.78, 5) is 5.07. The Kier molecular flexibility index (Phi) is 7.85. The Morgan fingerprint density at radius 2 is 1.22 bits per heavy atom. The largest absolute Gasteiger partial charge is 0.458 e. The van der Waals surface area contributed by atoms with Crippen LogP contribution in [0.25, 0.3) is 94.5 Å². The number of aromatic nitrogens is 4. The molecule has 12 rings (SSSR count). The van der Waals surface area contributed by atoms with Gasteiger partial charge in [-0.15, -0.1) is 0 Å². The molecule has 3 heterocycles. The van der Waals surface area contributed by atoms with Crippen LogP contribution in [0.5, 0.6) is 11.5 Å². The summed E-state index contributed by atoms with van der Waals surface area (Å²) in [6.45, 7) is 3.76. The quantitative estimate of drug-likeness (QED) is 0.0958. The fourth-order valence-electron chi connectivity index (χ4n) is 9.16. The van der Waals surface area contributed by atoms with E-state index in [-0.39, 0.29) is 33.9 Å². The molecule has 3 aromatic heterocycles. The second kappa shape index (κ2) is 17.8. The number of ether oxygens (including phenoxy) is 1. The molecule has 0 aliphatic rings. The number of para-hydroxylation sites is 3. The maximum Gasteiger partial charge on any atom is 0.269 e. The van der Waals surface area contributed by atoms with Crippen molar-refractivity contribution in [2.45, 2.75) is 20.2 Å². The molecule has 0 aliphatic carbocycles. The van der Waals surface area contributed by atoms with Gasteiger partial charge in [-0.3, -0.25) is 13.7 Å². The molecule has 0 saturated heterocycles. The summed E-state index contributed by atoms with van der Waals surface area (Å²) in [6.07, 6.45) is 3.49. The molecule has 0 fully saturated rings. The van der Waals surface area contributed by atoms with E-state index in [2.05, 4.69) is 41.2 Å². The van der Waals surface area contributed by atoms with Crippen LogP contribution in [0.3, 0.4) is 0 Å². The lowest BCUT2D eigenvalue weighted by atomic mass is 9.95. The number of nitrogens with zero attached hydrogens (tertiary/aromatic N) is 4. The second-order valence-electron chi connectivity index (χ2n) is 16.9. The number of hydrogen-bond acceptors (Lipinski definition) is 2. The molecule has 69 heavy (non-hydrogen) atoms. The summed E-state index contributed by atoms with van der Waals surface area (Å²) < 4.78 is 119. The Morgan fingerprint density at radius 1 is 0.551 bits per heavy atom. The van der Waals surface area contributed by atoms with Gasteiger partial charge in [0, 0.05) is 31.3 Å². The molecule has 0 saturated carbocycles. The van der Waals surface area contributed by atoms with Gasteiger partial charge in [-0.05, 0) is 105 Å². The van der Waals surface area contributed by atoms with Gasteiger partial charge in [0.05, 0.1) is 47.1 Å². The summed E-state index contributed by atoms with van der Waals surface area (Å²) in [5, 5.41) is 1.89. The van der Waals surface area contributed by atoms with E-state index in [0.29, 0.717) is 45.2 Å². The number of hydrogen-bond donors (Lipinski definition) is 0. The highest BCUT2D eigenvalue weighted by molar-refractivity contribution is 6.10.